The monoisotopic (exact) mass is 1250 g/mol. The van der Waals surface area contributed by atoms with Crippen molar-refractivity contribution < 1.29 is 9.59 Å². The molecule has 0 aromatic rings. The van der Waals surface area contributed by atoms with Crippen molar-refractivity contribution in [2.75, 3.05) is 171 Å². The number of hydrogen-bond acceptors (Lipinski definition) is 14. The van der Waals surface area contributed by atoms with Crippen molar-refractivity contribution in [3.05, 3.63) is 0 Å². The van der Waals surface area contributed by atoms with Crippen molar-refractivity contribution in [1.29, 1.82) is 0 Å². The Morgan fingerprint density at radius 1 is 0.407 bits per heavy atom. The number of hydrogen-bond donors (Lipinski definition) is 2. The van der Waals surface area contributed by atoms with Crippen LogP contribution in [0.5, 0.6) is 0 Å². The third kappa shape index (κ3) is 38.1. The number of carbonyl (C=O) groups is 2. The molecule has 2 amide bonds. The molecule has 81 heavy (non-hydrogen) atoms. The molecule has 2 rings (SSSR count). The zero-order valence-corrected chi connectivity index (χ0v) is 60.7. The van der Waals surface area contributed by atoms with Gasteiger partial charge in [-0.1, -0.05) is 53.9 Å². The summed E-state index contributed by atoms with van der Waals surface area (Å²) in [4.78, 5) is 41.4. The molecule has 0 aromatic carbocycles. The summed E-state index contributed by atoms with van der Waals surface area (Å²) in [5.74, 6) is 11.5. The van der Waals surface area contributed by atoms with Gasteiger partial charge in [0.15, 0.2) is 0 Å². The quantitative estimate of drug-likeness (QED) is 0.0568. The van der Waals surface area contributed by atoms with Crippen LogP contribution in [0.25, 0.3) is 0 Å². The number of nitrogens with zero attached hydrogens (tertiary/aromatic N) is 6. The molecule has 0 bridgehead atoms. The van der Waals surface area contributed by atoms with Crippen LogP contribution in [-0.2, 0) is 9.59 Å². The second kappa shape index (κ2) is 46.8. The van der Waals surface area contributed by atoms with E-state index in [1.807, 2.05) is 0 Å². The molecule has 2 N–H and O–H groups in total. The van der Waals surface area contributed by atoms with E-state index in [1.54, 1.807) is 0 Å². The Balaban J connectivity index is 1.87. The van der Waals surface area contributed by atoms with Gasteiger partial charge in [0.05, 0.1) is 0 Å². The van der Waals surface area contributed by atoms with Crippen molar-refractivity contribution in [2.24, 2.45) is 41.4 Å². The standard InChI is InChI=1S/C65H132N8O2S6/c1-51(2)59(77-44-38-69(8)9)24-22-23-58(76-43-37-68(6)7)32-30-54-26-28-56(49-62(54)80-47-41-72(14)15)64(74)66-35-20-18-19-21-36-67-65(75)57-29-27-55(63(50-57)81-48-42-73(16)17)31-34-61(79-46-40-71(12)13)53(5)25-33-60(52(3)4)78-45-39-70(10)11/h51-63H,18-50H2,1-17H3,(H,66,74)(H,67,75). The molecule has 0 aliphatic heterocycles. The van der Waals surface area contributed by atoms with Gasteiger partial charge in [-0.3, -0.25) is 9.59 Å². The van der Waals surface area contributed by atoms with Crippen LogP contribution in [0.15, 0.2) is 0 Å². The molecule has 2 aliphatic carbocycles. The Morgan fingerprint density at radius 3 is 1.21 bits per heavy atom. The van der Waals surface area contributed by atoms with E-state index in [9.17, 15) is 9.59 Å². The minimum absolute atomic E-state index is 0.130. The highest BCUT2D eigenvalue weighted by Crippen LogP contribution is 2.43. The van der Waals surface area contributed by atoms with Gasteiger partial charge in [0, 0.05) is 130 Å². The first kappa shape index (κ1) is 77.9. The molecule has 11 atom stereocenters. The number of unbranched alkanes of at least 4 members (excludes halogenated alkanes) is 3. The molecule has 11 unspecified atom stereocenters. The van der Waals surface area contributed by atoms with Crippen LogP contribution in [0.4, 0.5) is 0 Å². The summed E-state index contributed by atoms with van der Waals surface area (Å²) in [7, 11) is 26.3. The lowest BCUT2D eigenvalue weighted by Gasteiger charge is -2.37. The second-order valence-electron chi connectivity index (χ2n) is 27.0. The van der Waals surface area contributed by atoms with Gasteiger partial charge in [-0.2, -0.15) is 70.6 Å². The SMILES string of the molecule is CC(C)C(CCCC(CCC1CCC(C(=O)NCCCCCCNC(=O)C2CCC(CCC(SCCN(C)C)C(C)CCC(SCCN(C)C)C(C)C)C(SCCN(C)C)C2)CC1SCCN(C)C)SCCN(C)C)SCCN(C)C. The maximum atomic E-state index is 13.8. The maximum Gasteiger partial charge on any atom is 0.223 e. The minimum Gasteiger partial charge on any atom is -0.356 e. The highest BCUT2D eigenvalue weighted by molar-refractivity contribution is 8.01. The number of amides is 2. The average molecular weight is 1250 g/mol. The summed E-state index contributed by atoms with van der Waals surface area (Å²) in [5, 5.41) is 10.8. The smallest absolute Gasteiger partial charge is 0.223 e. The number of carbonyl (C=O) groups excluding carboxylic acids is 2. The van der Waals surface area contributed by atoms with Crippen LogP contribution in [0.3, 0.4) is 0 Å². The van der Waals surface area contributed by atoms with Gasteiger partial charge in [0.2, 0.25) is 11.8 Å². The first-order valence-electron chi connectivity index (χ1n) is 32.7. The van der Waals surface area contributed by atoms with Crippen molar-refractivity contribution in [2.45, 2.75) is 188 Å². The van der Waals surface area contributed by atoms with Crippen LogP contribution in [0.1, 0.15) is 157 Å². The Labute approximate surface area is 529 Å². The van der Waals surface area contributed by atoms with Crippen molar-refractivity contribution in [3.63, 3.8) is 0 Å². The van der Waals surface area contributed by atoms with Crippen LogP contribution >= 0.6 is 70.6 Å². The molecule has 16 heteroatoms. The molecule has 0 radical (unpaired) electrons. The molecule has 0 aromatic heterocycles. The Bertz CT molecular complexity index is 1550. The minimum atomic E-state index is 0.130. The van der Waals surface area contributed by atoms with E-state index in [0.717, 1.165) is 137 Å². The zero-order valence-electron chi connectivity index (χ0n) is 55.8. The summed E-state index contributed by atoms with van der Waals surface area (Å²) >= 11 is 13.2. The molecule has 2 aliphatic rings. The van der Waals surface area contributed by atoms with Crippen molar-refractivity contribution >= 4 is 82.4 Å². The zero-order chi connectivity index (χ0) is 60.1. The fraction of sp³-hybridized carbons (Fsp3) is 0.969. The topological polar surface area (TPSA) is 77.6 Å². The molecule has 10 nitrogen and oxygen atoms in total. The van der Waals surface area contributed by atoms with E-state index in [1.165, 1.54) is 93.6 Å². The average Bonchev–Trinajstić information content (AvgIpc) is 3.42. The van der Waals surface area contributed by atoms with Gasteiger partial charge < -0.3 is 40.0 Å². The van der Waals surface area contributed by atoms with Gasteiger partial charge in [0.1, 0.15) is 0 Å². The summed E-state index contributed by atoms with van der Waals surface area (Å²) in [5.41, 5.74) is 0. The molecule has 480 valence electrons. The van der Waals surface area contributed by atoms with E-state index in [4.69, 9.17) is 0 Å². The first-order chi connectivity index (χ1) is 38.6. The molecular weight excluding hydrogens is 1120 g/mol. The van der Waals surface area contributed by atoms with Gasteiger partial charge in [-0.15, -0.1) is 0 Å². The van der Waals surface area contributed by atoms with Crippen LogP contribution in [-0.4, -0.2) is 244 Å². The van der Waals surface area contributed by atoms with E-state index in [2.05, 4.69) is 230 Å². The van der Waals surface area contributed by atoms with Crippen molar-refractivity contribution in [3.8, 4) is 0 Å². The molecule has 0 spiro atoms. The molecule has 2 fully saturated rings. The van der Waals surface area contributed by atoms with Crippen molar-refractivity contribution in [1.82, 2.24) is 40.0 Å². The van der Waals surface area contributed by atoms with E-state index >= 15 is 0 Å². The van der Waals surface area contributed by atoms with Gasteiger partial charge >= 0.3 is 0 Å². The van der Waals surface area contributed by atoms with E-state index in [0.29, 0.717) is 39.4 Å². The summed E-state index contributed by atoms with van der Waals surface area (Å²) in [6.45, 7) is 20.5. The third-order valence-corrected chi connectivity index (χ3v) is 26.3. The highest BCUT2D eigenvalue weighted by atomic mass is 32.2. The largest absolute Gasteiger partial charge is 0.356 e. The van der Waals surface area contributed by atoms with Crippen LogP contribution in [0.2, 0.25) is 0 Å². The Hall–Kier alpha value is 0.800. The number of rotatable bonds is 49. The first-order valence-corrected chi connectivity index (χ1v) is 39.0. The predicted molar refractivity (Wildman–Crippen MR) is 375 cm³/mol. The molecule has 0 saturated heterocycles. The lowest BCUT2D eigenvalue weighted by Crippen LogP contribution is -2.38. The third-order valence-electron chi connectivity index (χ3n) is 17.3. The Kier molecular flexibility index (Phi) is 45.1. The lowest BCUT2D eigenvalue weighted by atomic mass is 9.78. The van der Waals surface area contributed by atoms with Gasteiger partial charge in [-0.25, -0.2) is 0 Å². The molecular formula is C65H132N8O2S6. The fourth-order valence-corrected chi connectivity index (χ4v) is 20.9. The molecule has 2 saturated carbocycles. The van der Waals surface area contributed by atoms with Gasteiger partial charge in [0.25, 0.3) is 0 Å². The van der Waals surface area contributed by atoms with E-state index in [-0.39, 0.29) is 23.7 Å². The number of thioether (sulfide) groups is 6. The summed E-state index contributed by atoms with van der Waals surface area (Å²) in [6, 6.07) is 0. The second-order valence-corrected chi connectivity index (χ2v) is 35.2. The summed E-state index contributed by atoms with van der Waals surface area (Å²) < 4.78 is 0. The maximum absolute atomic E-state index is 13.8. The van der Waals surface area contributed by atoms with E-state index < -0.39 is 0 Å². The van der Waals surface area contributed by atoms with Gasteiger partial charge in [-0.05, 0) is 217 Å². The van der Waals surface area contributed by atoms with Crippen LogP contribution in [0, 0.1) is 41.4 Å². The number of nitrogens with one attached hydrogen (secondary N) is 2. The predicted octanol–water partition coefficient (Wildman–Crippen LogP) is 13.1. The highest BCUT2D eigenvalue weighted by Gasteiger charge is 2.36. The fourth-order valence-electron chi connectivity index (χ4n) is 11.6. The van der Waals surface area contributed by atoms with Crippen LogP contribution < -0.4 is 10.6 Å². The molecule has 0 heterocycles. The summed E-state index contributed by atoms with van der Waals surface area (Å²) in [6.07, 6.45) is 22.5. The normalized spacial score (nSPS) is 22.0. The lowest BCUT2D eigenvalue weighted by molar-refractivity contribution is -0.127. The Morgan fingerprint density at radius 2 is 0.790 bits per heavy atom.